The summed E-state index contributed by atoms with van der Waals surface area (Å²) in [5, 5.41) is 9.55. The third-order valence-electron chi connectivity index (χ3n) is 6.48. The maximum atomic E-state index is 14.3. The summed E-state index contributed by atoms with van der Waals surface area (Å²) in [5.41, 5.74) is 1.50. The van der Waals surface area contributed by atoms with Crippen LogP contribution in [0.15, 0.2) is 39.7 Å². The third-order valence-corrected chi connectivity index (χ3v) is 6.48. The van der Waals surface area contributed by atoms with Crippen molar-refractivity contribution in [2.45, 2.75) is 38.6 Å². The molecular weight excluding hydrogens is 455 g/mol. The smallest absolute Gasteiger partial charge is 0.408 e. The van der Waals surface area contributed by atoms with Crippen molar-refractivity contribution in [1.29, 1.82) is 0 Å². The molecule has 0 bridgehead atoms. The van der Waals surface area contributed by atoms with Crippen molar-refractivity contribution in [2.24, 2.45) is 13.0 Å². The molecule has 182 valence electrons. The first kappa shape index (κ1) is 22.8. The van der Waals surface area contributed by atoms with Gasteiger partial charge in [-0.1, -0.05) is 25.3 Å². The van der Waals surface area contributed by atoms with Crippen molar-refractivity contribution in [3.63, 3.8) is 0 Å². The molecule has 0 atom stereocenters. The van der Waals surface area contributed by atoms with E-state index in [1.807, 2.05) is 0 Å². The van der Waals surface area contributed by atoms with E-state index in [1.165, 1.54) is 17.1 Å². The van der Waals surface area contributed by atoms with Crippen LogP contribution in [0.4, 0.5) is 4.39 Å². The highest BCUT2D eigenvalue weighted by atomic mass is 19.1. The Bertz CT molecular complexity index is 1480. The summed E-state index contributed by atoms with van der Waals surface area (Å²) in [6, 6.07) is 6.42. The molecule has 0 radical (unpaired) electrons. The predicted molar refractivity (Wildman–Crippen MR) is 124 cm³/mol. The van der Waals surface area contributed by atoms with Crippen LogP contribution in [-0.2, 0) is 13.6 Å². The molecule has 3 aromatic heterocycles. The fraction of sp³-hybridized carbons (Fsp3) is 0.375. The van der Waals surface area contributed by atoms with E-state index in [-0.39, 0.29) is 23.6 Å². The summed E-state index contributed by atoms with van der Waals surface area (Å²) < 4.78 is 21.9. The van der Waals surface area contributed by atoms with E-state index in [4.69, 9.17) is 4.42 Å². The molecule has 1 saturated carbocycles. The van der Waals surface area contributed by atoms with Gasteiger partial charge in [-0.05, 0) is 36.5 Å². The number of carbonyl (C=O) groups excluding carboxylic acids is 2. The van der Waals surface area contributed by atoms with Crippen molar-refractivity contribution in [1.82, 2.24) is 29.8 Å². The number of carbonyl (C=O) groups is 2. The molecule has 4 aromatic rings. The molecule has 2 amide bonds. The molecule has 35 heavy (non-hydrogen) atoms. The lowest BCUT2D eigenvalue weighted by Gasteiger charge is -2.21. The molecule has 0 saturated heterocycles. The predicted octanol–water partition coefficient (Wildman–Crippen LogP) is 2.55. The Morgan fingerprint density at radius 2 is 1.94 bits per heavy atom. The van der Waals surface area contributed by atoms with Crippen molar-refractivity contribution in [3.05, 3.63) is 63.8 Å². The van der Waals surface area contributed by atoms with Gasteiger partial charge in [0, 0.05) is 26.2 Å². The number of nitrogens with zero attached hydrogens (tertiary/aromatic N) is 4. The maximum absolute atomic E-state index is 14.3. The van der Waals surface area contributed by atoms with Crippen molar-refractivity contribution in [2.75, 3.05) is 6.54 Å². The number of aromatic nitrogens is 4. The van der Waals surface area contributed by atoms with Gasteiger partial charge in [0.15, 0.2) is 17.0 Å². The highest BCUT2D eigenvalue weighted by molar-refractivity contribution is 5.98. The molecule has 0 aliphatic heterocycles. The number of rotatable bonds is 6. The number of benzene rings is 1. The fourth-order valence-electron chi connectivity index (χ4n) is 4.49. The van der Waals surface area contributed by atoms with E-state index < -0.39 is 23.4 Å². The molecule has 10 nitrogen and oxygen atoms in total. The normalized spacial score (nSPS) is 14.5. The lowest BCUT2D eigenvalue weighted by molar-refractivity contribution is 0.0935. The number of hydrogen-bond acceptors (Lipinski definition) is 6. The van der Waals surface area contributed by atoms with Gasteiger partial charge in [0.05, 0.1) is 11.7 Å². The van der Waals surface area contributed by atoms with Gasteiger partial charge >= 0.3 is 5.76 Å². The molecule has 1 fully saturated rings. The van der Waals surface area contributed by atoms with Crippen molar-refractivity contribution < 1.29 is 18.4 Å². The van der Waals surface area contributed by atoms with Crippen LogP contribution >= 0.6 is 0 Å². The van der Waals surface area contributed by atoms with E-state index in [1.54, 1.807) is 25.2 Å². The van der Waals surface area contributed by atoms with E-state index in [0.717, 1.165) is 42.0 Å². The summed E-state index contributed by atoms with van der Waals surface area (Å²) in [6.45, 7) is 0.652. The topological polar surface area (TPSA) is 124 Å². The Morgan fingerprint density at radius 1 is 1.14 bits per heavy atom. The minimum Gasteiger partial charge on any atom is -0.408 e. The molecule has 5 rings (SSSR count). The highest BCUT2D eigenvalue weighted by Crippen LogP contribution is 2.23. The van der Waals surface area contributed by atoms with E-state index in [0.29, 0.717) is 23.6 Å². The number of fused-ring (bicyclic) bond motifs is 2. The largest absolute Gasteiger partial charge is 0.419 e. The van der Waals surface area contributed by atoms with Gasteiger partial charge in [0.1, 0.15) is 11.4 Å². The number of aryl methyl sites for hydroxylation is 1. The van der Waals surface area contributed by atoms with Gasteiger partial charge in [0.25, 0.3) is 11.8 Å². The van der Waals surface area contributed by atoms with Gasteiger partial charge in [-0.2, -0.15) is 5.10 Å². The van der Waals surface area contributed by atoms with E-state index in [9.17, 15) is 18.8 Å². The van der Waals surface area contributed by atoms with Crippen LogP contribution in [0.2, 0.25) is 0 Å². The number of halogens is 1. The first-order chi connectivity index (χ1) is 16.9. The van der Waals surface area contributed by atoms with Crippen LogP contribution in [0.25, 0.3) is 16.7 Å². The Balaban J connectivity index is 1.35. The zero-order valence-corrected chi connectivity index (χ0v) is 19.2. The van der Waals surface area contributed by atoms with Gasteiger partial charge in [-0.25, -0.2) is 18.7 Å². The molecule has 1 aliphatic carbocycles. The second kappa shape index (κ2) is 9.32. The third kappa shape index (κ3) is 4.53. The molecular formula is C24H25FN6O4. The molecule has 1 aromatic carbocycles. The quantitative estimate of drug-likeness (QED) is 0.437. The van der Waals surface area contributed by atoms with Crippen LogP contribution in [0.1, 0.15) is 58.6 Å². The summed E-state index contributed by atoms with van der Waals surface area (Å²) in [5.74, 6) is -1.81. The lowest BCUT2D eigenvalue weighted by atomic mass is 9.89. The Kier molecular flexibility index (Phi) is 6.06. The van der Waals surface area contributed by atoms with Crippen molar-refractivity contribution in [3.8, 4) is 0 Å². The van der Waals surface area contributed by atoms with Gasteiger partial charge in [-0.3, -0.25) is 14.2 Å². The molecule has 3 heterocycles. The van der Waals surface area contributed by atoms with Gasteiger partial charge < -0.3 is 15.1 Å². The summed E-state index contributed by atoms with van der Waals surface area (Å²) >= 11 is 0. The van der Waals surface area contributed by atoms with Crippen molar-refractivity contribution >= 4 is 28.6 Å². The fourth-order valence-corrected chi connectivity index (χ4v) is 4.49. The van der Waals surface area contributed by atoms with Crippen LogP contribution < -0.4 is 16.4 Å². The first-order valence-corrected chi connectivity index (χ1v) is 11.6. The molecule has 11 heteroatoms. The summed E-state index contributed by atoms with van der Waals surface area (Å²) in [4.78, 5) is 41.6. The lowest BCUT2D eigenvalue weighted by Crippen LogP contribution is -2.32. The standard InChI is InChI=1S/C24H25FN6O4/c1-30-18-9-15(7-8-20(18)35-24(30)34)12-26-22(32)17-10-19(31-21(29-17)16(25)13-28-31)23(33)27-11-14-5-3-2-4-6-14/h7-10,13-14H,2-6,11-12H2,1H3,(H,26,32)(H,27,33). The summed E-state index contributed by atoms with van der Waals surface area (Å²) in [6.07, 6.45) is 6.61. The van der Waals surface area contributed by atoms with Crippen LogP contribution in [0.5, 0.6) is 0 Å². The van der Waals surface area contributed by atoms with E-state index >= 15 is 0 Å². The number of oxazole rings is 1. The van der Waals surface area contributed by atoms with E-state index in [2.05, 4.69) is 20.7 Å². The van der Waals surface area contributed by atoms with Gasteiger partial charge in [-0.15, -0.1) is 0 Å². The number of amides is 2. The monoisotopic (exact) mass is 480 g/mol. The minimum atomic E-state index is -0.729. The van der Waals surface area contributed by atoms with Crippen LogP contribution in [0, 0.1) is 11.7 Å². The number of hydrogen-bond donors (Lipinski definition) is 2. The Labute approximate surface area is 199 Å². The second-order valence-electron chi connectivity index (χ2n) is 8.88. The summed E-state index contributed by atoms with van der Waals surface area (Å²) in [7, 11) is 1.59. The first-order valence-electron chi connectivity index (χ1n) is 11.6. The zero-order valence-electron chi connectivity index (χ0n) is 19.2. The zero-order chi connectivity index (χ0) is 24.5. The SMILES string of the molecule is Cn1c(=O)oc2ccc(CNC(=O)c3cc(C(=O)NCC4CCCCC4)n4ncc(F)c4n3)cc21. The molecule has 2 N–H and O–H groups in total. The van der Waals surface area contributed by atoms with Crippen LogP contribution in [0.3, 0.4) is 0 Å². The molecule has 0 unspecified atom stereocenters. The van der Waals surface area contributed by atoms with Gasteiger partial charge in [0.2, 0.25) is 0 Å². The highest BCUT2D eigenvalue weighted by Gasteiger charge is 2.21. The molecule has 1 aliphatic rings. The number of nitrogens with one attached hydrogen (secondary N) is 2. The Morgan fingerprint density at radius 3 is 2.74 bits per heavy atom. The maximum Gasteiger partial charge on any atom is 0.419 e. The Hall–Kier alpha value is -4.02. The minimum absolute atomic E-state index is 0.0367. The average Bonchev–Trinajstić information content (AvgIpc) is 3.39. The molecule has 0 spiro atoms. The van der Waals surface area contributed by atoms with Crippen LogP contribution in [-0.4, -0.2) is 37.5 Å². The average molecular weight is 481 g/mol. The second-order valence-corrected chi connectivity index (χ2v) is 8.88.